The largest absolute Gasteiger partial charge is 0.378 e. The predicted molar refractivity (Wildman–Crippen MR) is 136 cm³/mol. The zero-order chi connectivity index (χ0) is 24.4. The van der Waals surface area contributed by atoms with Crippen molar-refractivity contribution in [3.05, 3.63) is 83.4 Å². The molecule has 8 heteroatoms. The maximum absolute atomic E-state index is 14.1. The molecule has 2 heterocycles. The fraction of sp³-hybridized carbons (Fsp3) is 0.407. The Bertz CT molecular complexity index is 1180. The molecule has 184 valence electrons. The molecule has 3 aromatic rings. The second kappa shape index (κ2) is 10.1. The van der Waals surface area contributed by atoms with Gasteiger partial charge in [0.05, 0.1) is 23.6 Å². The molecule has 1 N–H and O–H groups in total. The SMILES string of the molecule is CO[C@@H]1[C@@H](NC(=O)CSC)c2ccccc2C12CCN(Cc1cc(F)ccc1-n1cccn1)CC2. The first kappa shape index (κ1) is 24.0. The maximum atomic E-state index is 14.1. The summed E-state index contributed by atoms with van der Waals surface area (Å²) in [6, 6.07) is 15.0. The van der Waals surface area contributed by atoms with Crippen molar-refractivity contribution in [1.82, 2.24) is 20.0 Å². The summed E-state index contributed by atoms with van der Waals surface area (Å²) in [7, 11) is 1.75. The molecular formula is C27H31FN4O2S. The summed E-state index contributed by atoms with van der Waals surface area (Å²) in [6.45, 7) is 2.36. The molecule has 2 aliphatic rings. The second-order valence-corrected chi connectivity index (χ2v) is 10.2. The van der Waals surface area contributed by atoms with Crippen LogP contribution in [0, 0.1) is 5.82 Å². The van der Waals surface area contributed by atoms with E-state index in [0.29, 0.717) is 12.3 Å². The van der Waals surface area contributed by atoms with Gasteiger partial charge >= 0.3 is 0 Å². The van der Waals surface area contributed by atoms with E-state index >= 15 is 0 Å². The van der Waals surface area contributed by atoms with Crippen molar-refractivity contribution in [3.63, 3.8) is 0 Å². The van der Waals surface area contributed by atoms with Crippen LogP contribution >= 0.6 is 11.8 Å². The minimum atomic E-state index is -0.239. The van der Waals surface area contributed by atoms with E-state index in [0.717, 1.165) is 42.7 Å². The van der Waals surface area contributed by atoms with Crippen molar-refractivity contribution in [1.29, 1.82) is 0 Å². The highest BCUT2D eigenvalue weighted by atomic mass is 32.2. The Morgan fingerprint density at radius 2 is 2.03 bits per heavy atom. The quantitative estimate of drug-likeness (QED) is 0.536. The number of likely N-dealkylation sites (tertiary alicyclic amines) is 1. The van der Waals surface area contributed by atoms with Crippen LogP contribution in [-0.4, -0.2) is 58.9 Å². The van der Waals surface area contributed by atoms with Gasteiger partial charge in [0.1, 0.15) is 5.82 Å². The number of nitrogens with zero attached hydrogens (tertiary/aromatic N) is 3. The molecule has 1 amide bonds. The molecule has 5 rings (SSSR count). The molecule has 2 aromatic carbocycles. The highest BCUT2D eigenvalue weighted by molar-refractivity contribution is 7.99. The first-order valence-corrected chi connectivity index (χ1v) is 13.4. The van der Waals surface area contributed by atoms with Crippen LogP contribution in [0.4, 0.5) is 4.39 Å². The number of hydrogen-bond acceptors (Lipinski definition) is 5. The van der Waals surface area contributed by atoms with Crippen LogP contribution in [0.2, 0.25) is 0 Å². The monoisotopic (exact) mass is 494 g/mol. The number of thioether (sulfide) groups is 1. The Kier molecular flexibility index (Phi) is 6.95. The second-order valence-electron chi connectivity index (χ2n) is 9.38. The molecule has 35 heavy (non-hydrogen) atoms. The van der Waals surface area contributed by atoms with E-state index in [-0.39, 0.29) is 29.3 Å². The number of carbonyl (C=O) groups is 1. The Labute approximate surface area is 209 Å². The fourth-order valence-corrected chi connectivity index (χ4v) is 6.28. The molecule has 0 radical (unpaired) electrons. The van der Waals surface area contributed by atoms with Crippen molar-refractivity contribution in [3.8, 4) is 5.69 Å². The highest BCUT2D eigenvalue weighted by Gasteiger charge is 2.53. The number of carbonyl (C=O) groups excluding carboxylic acids is 1. The summed E-state index contributed by atoms with van der Waals surface area (Å²) >= 11 is 1.52. The maximum Gasteiger partial charge on any atom is 0.230 e. The van der Waals surface area contributed by atoms with E-state index in [1.54, 1.807) is 30.1 Å². The first-order chi connectivity index (χ1) is 17.1. The van der Waals surface area contributed by atoms with Crippen molar-refractivity contribution in [2.75, 3.05) is 32.2 Å². The minimum absolute atomic E-state index is 0.0334. The topological polar surface area (TPSA) is 59.4 Å². The van der Waals surface area contributed by atoms with Gasteiger partial charge in [-0.25, -0.2) is 9.07 Å². The Hall–Kier alpha value is -2.68. The van der Waals surface area contributed by atoms with Gasteiger partial charge in [0.2, 0.25) is 5.91 Å². The summed E-state index contributed by atoms with van der Waals surface area (Å²) in [5, 5.41) is 7.58. The van der Waals surface area contributed by atoms with E-state index in [1.165, 1.54) is 23.4 Å². The van der Waals surface area contributed by atoms with Crippen LogP contribution < -0.4 is 5.32 Å². The number of aromatic nitrogens is 2. The third kappa shape index (κ3) is 4.50. The van der Waals surface area contributed by atoms with Crippen molar-refractivity contribution in [2.24, 2.45) is 0 Å². The number of halogens is 1. The van der Waals surface area contributed by atoms with E-state index in [9.17, 15) is 9.18 Å². The summed E-state index contributed by atoms with van der Waals surface area (Å²) in [5.74, 6) is 0.228. The lowest BCUT2D eigenvalue weighted by atomic mass is 9.71. The Morgan fingerprint density at radius 3 is 2.74 bits per heavy atom. The molecule has 1 aliphatic carbocycles. The van der Waals surface area contributed by atoms with Crippen molar-refractivity contribution >= 4 is 17.7 Å². The number of rotatable bonds is 7. The van der Waals surface area contributed by atoms with Gasteiger partial charge in [-0.05, 0) is 73.1 Å². The van der Waals surface area contributed by atoms with Crippen LogP contribution in [-0.2, 0) is 21.5 Å². The average Bonchev–Trinajstić information content (AvgIpc) is 3.47. The van der Waals surface area contributed by atoms with Gasteiger partial charge in [-0.2, -0.15) is 16.9 Å². The lowest BCUT2D eigenvalue weighted by molar-refractivity contribution is -0.121. The van der Waals surface area contributed by atoms with Gasteiger partial charge in [0, 0.05) is 31.5 Å². The zero-order valence-electron chi connectivity index (χ0n) is 20.1. The van der Waals surface area contributed by atoms with Gasteiger partial charge in [0.15, 0.2) is 0 Å². The Morgan fingerprint density at radius 1 is 1.23 bits per heavy atom. The number of nitrogens with one attached hydrogen (secondary N) is 1. The lowest BCUT2D eigenvalue weighted by Crippen LogP contribution is -2.50. The van der Waals surface area contributed by atoms with E-state index in [2.05, 4.69) is 33.5 Å². The molecule has 6 nitrogen and oxygen atoms in total. The number of ether oxygens (including phenoxy) is 1. The van der Waals surface area contributed by atoms with Gasteiger partial charge < -0.3 is 10.1 Å². The molecule has 1 aliphatic heterocycles. The van der Waals surface area contributed by atoms with Gasteiger partial charge in [-0.3, -0.25) is 9.69 Å². The lowest BCUT2D eigenvalue weighted by Gasteiger charge is -2.44. The smallest absolute Gasteiger partial charge is 0.230 e. The molecule has 0 saturated carbocycles. The molecule has 0 bridgehead atoms. The Balaban J connectivity index is 1.37. The number of hydrogen-bond donors (Lipinski definition) is 1. The van der Waals surface area contributed by atoms with Crippen LogP contribution in [0.15, 0.2) is 60.9 Å². The standard InChI is InChI=1S/C27H31FN4O2S/c1-34-26-25(30-24(33)18-35-2)21-6-3-4-7-22(21)27(26)10-14-31(15-11-27)17-19-16-20(28)8-9-23(19)32-13-5-12-29-32/h3-9,12-13,16,25-26H,10-11,14-15,17-18H2,1-2H3,(H,30,33)/t25-,26+/m0/s1. The molecule has 1 saturated heterocycles. The van der Waals surface area contributed by atoms with Crippen LogP contribution in [0.5, 0.6) is 0 Å². The third-order valence-electron chi connectivity index (χ3n) is 7.46. The van der Waals surface area contributed by atoms with Gasteiger partial charge in [0.25, 0.3) is 0 Å². The molecule has 1 spiro atoms. The molecule has 0 unspecified atom stereocenters. The molecule has 1 fully saturated rings. The number of amides is 1. The van der Waals surface area contributed by atoms with Crippen LogP contribution in [0.25, 0.3) is 5.69 Å². The van der Waals surface area contributed by atoms with Crippen LogP contribution in [0.3, 0.4) is 0 Å². The molecular weight excluding hydrogens is 463 g/mol. The van der Waals surface area contributed by atoms with Crippen molar-refractivity contribution in [2.45, 2.75) is 36.9 Å². The summed E-state index contributed by atoms with van der Waals surface area (Å²) in [4.78, 5) is 14.9. The van der Waals surface area contributed by atoms with E-state index in [1.807, 2.05) is 24.6 Å². The average molecular weight is 495 g/mol. The van der Waals surface area contributed by atoms with Gasteiger partial charge in [-0.1, -0.05) is 24.3 Å². The van der Waals surface area contributed by atoms with Crippen LogP contribution in [0.1, 0.15) is 35.6 Å². The first-order valence-electron chi connectivity index (χ1n) is 12.0. The van der Waals surface area contributed by atoms with Gasteiger partial charge in [-0.15, -0.1) is 0 Å². The summed E-state index contributed by atoms with van der Waals surface area (Å²) < 4.78 is 22.1. The fourth-order valence-electron chi connectivity index (χ4n) is 5.94. The van der Waals surface area contributed by atoms with E-state index < -0.39 is 0 Å². The van der Waals surface area contributed by atoms with Crippen molar-refractivity contribution < 1.29 is 13.9 Å². The third-order valence-corrected chi connectivity index (χ3v) is 8.01. The normalized spacial score (nSPS) is 21.2. The minimum Gasteiger partial charge on any atom is -0.378 e. The zero-order valence-corrected chi connectivity index (χ0v) is 20.9. The number of benzene rings is 2. The number of fused-ring (bicyclic) bond motifs is 2. The summed E-state index contributed by atoms with van der Waals surface area (Å²) in [6.07, 6.45) is 7.24. The predicted octanol–water partition coefficient (Wildman–Crippen LogP) is 4.09. The number of methoxy groups -OCH3 is 1. The molecule has 2 atom stereocenters. The number of piperidine rings is 1. The molecule has 1 aromatic heterocycles. The summed E-state index contributed by atoms with van der Waals surface area (Å²) in [5.41, 5.74) is 4.10. The van der Waals surface area contributed by atoms with E-state index in [4.69, 9.17) is 4.74 Å². The highest BCUT2D eigenvalue weighted by Crippen LogP contribution is 2.52.